The van der Waals surface area contributed by atoms with Crippen molar-refractivity contribution in [2.24, 2.45) is 0 Å². The minimum Gasteiger partial charge on any atom is -0.454 e. The summed E-state index contributed by atoms with van der Waals surface area (Å²) in [5, 5.41) is 0.765. The van der Waals surface area contributed by atoms with Crippen LogP contribution in [0.2, 0.25) is 0 Å². The summed E-state index contributed by atoms with van der Waals surface area (Å²) < 4.78 is 10.5. The smallest absolute Gasteiger partial charge is 0.282 e. The third-order valence-corrected chi connectivity index (χ3v) is 4.88. The topological polar surface area (TPSA) is 89.6 Å². The van der Waals surface area contributed by atoms with E-state index in [4.69, 9.17) is 9.47 Å². The predicted molar refractivity (Wildman–Crippen MR) is 99.8 cm³/mol. The van der Waals surface area contributed by atoms with Gasteiger partial charge in [0.1, 0.15) is 4.88 Å². The average molecular weight is 381 g/mol. The molecule has 0 saturated heterocycles. The fraction of sp³-hybridized carbons (Fsp3) is 0.105. The Bertz CT molecular complexity index is 1020. The second-order valence-corrected chi connectivity index (χ2v) is 6.96. The number of thiazole rings is 1. The van der Waals surface area contributed by atoms with Gasteiger partial charge in [-0.3, -0.25) is 20.4 Å². The van der Waals surface area contributed by atoms with Crippen molar-refractivity contribution in [2.45, 2.75) is 6.92 Å². The predicted octanol–water partition coefficient (Wildman–Crippen LogP) is 2.92. The van der Waals surface area contributed by atoms with Gasteiger partial charge in [-0.05, 0) is 25.1 Å². The van der Waals surface area contributed by atoms with Crippen molar-refractivity contribution in [3.8, 4) is 22.8 Å². The number of aryl methyl sites for hydroxylation is 1. The highest BCUT2D eigenvalue weighted by molar-refractivity contribution is 7.14. The van der Waals surface area contributed by atoms with Gasteiger partial charge in [0.15, 0.2) is 11.5 Å². The van der Waals surface area contributed by atoms with Crippen LogP contribution in [0.3, 0.4) is 0 Å². The summed E-state index contributed by atoms with van der Waals surface area (Å²) in [6.45, 7) is 1.96. The summed E-state index contributed by atoms with van der Waals surface area (Å²) >= 11 is 1.27. The molecule has 7 nitrogen and oxygen atoms in total. The lowest BCUT2D eigenvalue weighted by molar-refractivity contribution is 0.0849. The lowest BCUT2D eigenvalue weighted by Crippen LogP contribution is -2.41. The van der Waals surface area contributed by atoms with Crippen molar-refractivity contribution in [2.75, 3.05) is 6.79 Å². The summed E-state index contributed by atoms with van der Waals surface area (Å²) in [4.78, 5) is 29.8. The number of carbonyl (C=O) groups is 2. The number of nitrogens with zero attached hydrogens (tertiary/aromatic N) is 1. The highest BCUT2D eigenvalue weighted by Gasteiger charge is 2.20. The maximum atomic E-state index is 12.6. The Hall–Kier alpha value is -3.39. The van der Waals surface area contributed by atoms with Gasteiger partial charge in [0.2, 0.25) is 6.79 Å². The first-order valence-electron chi connectivity index (χ1n) is 8.15. The number of amides is 2. The summed E-state index contributed by atoms with van der Waals surface area (Å²) in [6.07, 6.45) is 0. The Morgan fingerprint density at radius 3 is 2.56 bits per heavy atom. The monoisotopic (exact) mass is 381 g/mol. The third kappa shape index (κ3) is 3.47. The molecule has 2 N–H and O–H groups in total. The van der Waals surface area contributed by atoms with Gasteiger partial charge in [-0.15, -0.1) is 11.3 Å². The molecule has 1 aliphatic heterocycles. The number of ether oxygens (including phenoxy) is 2. The van der Waals surface area contributed by atoms with Crippen LogP contribution in [0, 0.1) is 6.92 Å². The molecule has 3 aromatic rings. The van der Waals surface area contributed by atoms with E-state index in [0.717, 1.165) is 10.6 Å². The molecule has 136 valence electrons. The van der Waals surface area contributed by atoms with Crippen molar-refractivity contribution < 1.29 is 19.1 Å². The number of carbonyl (C=O) groups excluding carboxylic acids is 2. The first-order valence-corrected chi connectivity index (χ1v) is 8.96. The standard InChI is InChI=1S/C19H15N3O4S/c1-11-20-16(12-5-3-2-4-6-12)17(27-11)19(24)22-21-18(23)13-7-8-14-15(9-13)26-10-25-14/h2-9H,10H2,1H3,(H,21,23)(H,22,24). The molecule has 1 aromatic heterocycles. The van der Waals surface area contributed by atoms with Crippen molar-refractivity contribution >= 4 is 23.2 Å². The second-order valence-electron chi connectivity index (χ2n) is 5.75. The van der Waals surface area contributed by atoms with Gasteiger partial charge in [0.25, 0.3) is 11.8 Å². The molecule has 2 amide bonds. The maximum absolute atomic E-state index is 12.6. The molecule has 8 heteroatoms. The summed E-state index contributed by atoms with van der Waals surface area (Å²) in [6, 6.07) is 14.2. The van der Waals surface area contributed by atoms with E-state index in [0.29, 0.717) is 27.6 Å². The van der Waals surface area contributed by atoms with Crippen LogP contribution in [0.5, 0.6) is 11.5 Å². The molecule has 1 aliphatic rings. The lowest BCUT2D eigenvalue weighted by atomic mass is 10.1. The number of aromatic nitrogens is 1. The van der Waals surface area contributed by atoms with E-state index >= 15 is 0 Å². The summed E-state index contributed by atoms with van der Waals surface area (Å²) in [5.74, 6) is 0.208. The molecule has 0 unspecified atom stereocenters. The Morgan fingerprint density at radius 1 is 1.00 bits per heavy atom. The first-order chi connectivity index (χ1) is 13.1. The van der Waals surface area contributed by atoms with E-state index in [2.05, 4.69) is 15.8 Å². The van der Waals surface area contributed by atoms with E-state index in [1.165, 1.54) is 11.3 Å². The molecule has 27 heavy (non-hydrogen) atoms. The Balaban J connectivity index is 1.48. The van der Waals surface area contributed by atoms with Crippen molar-refractivity contribution in [3.05, 3.63) is 64.0 Å². The van der Waals surface area contributed by atoms with Crippen LogP contribution in [0.15, 0.2) is 48.5 Å². The number of hydrogen-bond donors (Lipinski definition) is 2. The molecule has 0 bridgehead atoms. The first kappa shape index (κ1) is 17.0. The average Bonchev–Trinajstić information content (AvgIpc) is 3.32. The van der Waals surface area contributed by atoms with Crippen LogP contribution in [0.4, 0.5) is 0 Å². The summed E-state index contributed by atoms with van der Waals surface area (Å²) in [7, 11) is 0. The molecule has 4 rings (SSSR count). The number of nitrogens with one attached hydrogen (secondary N) is 2. The Kier molecular flexibility index (Phi) is 4.47. The molecule has 0 fully saturated rings. The van der Waals surface area contributed by atoms with Crippen LogP contribution in [-0.4, -0.2) is 23.6 Å². The largest absolute Gasteiger partial charge is 0.454 e. The van der Waals surface area contributed by atoms with Crippen molar-refractivity contribution in [1.29, 1.82) is 0 Å². The number of fused-ring (bicyclic) bond motifs is 1. The van der Waals surface area contributed by atoms with Gasteiger partial charge in [-0.2, -0.15) is 0 Å². The minimum atomic E-state index is -0.454. The molecule has 0 spiro atoms. The molecule has 0 saturated carbocycles. The van der Waals surface area contributed by atoms with Gasteiger partial charge in [0, 0.05) is 11.1 Å². The zero-order valence-corrected chi connectivity index (χ0v) is 15.1. The fourth-order valence-electron chi connectivity index (χ4n) is 2.65. The van der Waals surface area contributed by atoms with E-state index < -0.39 is 11.8 Å². The fourth-order valence-corrected chi connectivity index (χ4v) is 3.49. The van der Waals surface area contributed by atoms with E-state index in [-0.39, 0.29) is 6.79 Å². The molecular weight excluding hydrogens is 366 g/mol. The van der Waals surface area contributed by atoms with E-state index in [9.17, 15) is 9.59 Å². The molecule has 0 radical (unpaired) electrons. The third-order valence-electron chi connectivity index (χ3n) is 3.91. The van der Waals surface area contributed by atoms with Crippen LogP contribution >= 0.6 is 11.3 Å². The van der Waals surface area contributed by atoms with Crippen molar-refractivity contribution in [3.63, 3.8) is 0 Å². The van der Waals surface area contributed by atoms with Crippen LogP contribution in [0.1, 0.15) is 25.0 Å². The normalized spacial score (nSPS) is 11.9. The summed E-state index contributed by atoms with van der Waals surface area (Å²) in [5.41, 5.74) is 6.65. The minimum absolute atomic E-state index is 0.129. The molecular formula is C19H15N3O4S. The molecule has 0 aliphatic carbocycles. The Morgan fingerprint density at radius 2 is 1.74 bits per heavy atom. The van der Waals surface area contributed by atoms with Gasteiger partial charge >= 0.3 is 0 Å². The van der Waals surface area contributed by atoms with Crippen LogP contribution in [-0.2, 0) is 0 Å². The molecule has 0 atom stereocenters. The Labute approximate surface area is 158 Å². The zero-order chi connectivity index (χ0) is 18.8. The van der Waals surface area contributed by atoms with Crippen LogP contribution in [0.25, 0.3) is 11.3 Å². The van der Waals surface area contributed by atoms with Gasteiger partial charge in [-0.25, -0.2) is 4.98 Å². The van der Waals surface area contributed by atoms with Crippen LogP contribution < -0.4 is 20.3 Å². The number of rotatable bonds is 3. The van der Waals surface area contributed by atoms with E-state index in [1.54, 1.807) is 18.2 Å². The van der Waals surface area contributed by atoms with Crippen molar-refractivity contribution in [1.82, 2.24) is 15.8 Å². The van der Waals surface area contributed by atoms with Gasteiger partial charge < -0.3 is 9.47 Å². The second kappa shape index (κ2) is 7.08. The van der Waals surface area contributed by atoms with E-state index in [1.807, 2.05) is 37.3 Å². The van der Waals surface area contributed by atoms with Gasteiger partial charge in [-0.1, -0.05) is 30.3 Å². The lowest BCUT2D eigenvalue weighted by Gasteiger charge is -2.08. The molecule has 2 heterocycles. The number of benzene rings is 2. The quantitative estimate of drug-likeness (QED) is 0.681. The SMILES string of the molecule is Cc1nc(-c2ccccc2)c(C(=O)NNC(=O)c2ccc3c(c2)OCO3)s1. The zero-order valence-electron chi connectivity index (χ0n) is 14.3. The number of hydrazine groups is 1. The number of hydrogen-bond acceptors (Lipinski definition) is 6. The van der Waals surface area contributed by atoms with Gasteiger partial charge in [0.05, 0.1) is 10.7 Å². The highest BCUT2D eigenvalue weighted by atomic mass is 32.1. The molecule has 2 aromatic carbocycles. The maximum Gasteiger partial charge on any atom is 0.282 e. The highest BCUT2D eigenvalue weighted by Crippen LogP contribution is 2.32.